The fraction of sp³-hybridized carbons (Fsp3) is 0.706. The van der Waals surface area contributed by atoms with Crippen LogP contribution in [0, 0.1) is 0 Å². The van der Waals surface area contributed by atoms with E-state index in [2.05, 4.69) is 13.8 Å². The molecule has 0 aromatic carbocycles. The van der Waals surface area contributed by atoms with E-state index < -0.39 is 0 Å². The third kappa shape index (κ3) is 19.5. The maximum absolute atomic E-state index is 11.4. The number of carbonyl (C=O) groups is 1. The van der Waals surface area contributed by atoms with Gasteiger partial charge in [0.2, 0.25) is 5.91 Å². The Morgan fingerprint density at radius 1 is 0.895 bits per heavy atom. The average Bonchev–Trinajstić information content (AvgIpc) is 2.49. The second kappa shape index (κ2) is 22.2. The van der Waals surface area contributed by atoms with Crippen molar-refractivity contribution in [1.29, 1.82) is 0 Å². The van der Waals surface area contributed by atoms with Crippen LogP contribution in [0.4, 0.5) is 0 Å². The van der Waals surface area contributed by atoms with Crippen molar-refractivity contribution < 1.29 is 4.79 Å². The first-order valence-electron chi connectivity index (χ1n) is 7.54. The van der Waals surface area contributed by atoms with Crippen molar-refractivity contribution in [2.24, 2.45) is 0 Å². The van der Waals surface area contributed by atoms with Crippen LogP contribution in [-0.2, 0) is 4.79 Å². The molecule has 0 unspecified atom stereocenters. The lowest BCUT2D eigenvalue weighted by atomic mass is 10.2. The van der Waals surface area contributed by atoms with E-state index in [0.717, 1.165) is 12.0 Å². The number of hydrogen-bond acceptors (Lipinski definition) is 1. The largest absolute Gasteiger partial charge is 0.345 e. The van der Waals surface area contributed by atoms with Crippen LogP contribution in [0.25, 0.3) is 0 Å². The SMILES string of the molecule is CC.CC.CC.CC/C(C)=C/C=C(\C)C(=O)N(C)C. The number of hydrogen-bond donors (Lipinski definition) is 0. The number of rotatable bonds is 3. The lowest BCUT2D eigenvalue weighted by molar-refractivity contribution is -0.124. The molecule has 0 heterocycles. The monoisotopic (exact) mass is 271 g/mol. The van der Waals surface area contributed by atoms with Gasteiger partial charge in [-0.2, -0.15) is 0 Å². The second-order valence-electron chi connectivity index (χ2n) is 3.42. The molecule has 2 heteroatoms. The zero-order valence-corrected chi connectivity index (χ0v) is 15.2. The number of carbonyl (C=O) groups excluding carboxylic acids is 1. The molecule has 0 aromatic rings. The predicted octanol–water partition coefficient (Wildman–Crippen LogP) is 5.46. The van der Waals surface area contributed by atoms with Gasteiger partial charge in [-0.3, -0.25) is 4.79 Å². The van der Waals surface area contributed by atoms with Crippen LogP contribution in [0.1, 0.15) is 68.7 Å². The molecule has 0 aliphatic heterocycles. The zero-order valence-electron chi connectivity index (χ0n) is 15.2. The number of nitrogens with zero attached hydrogens (tertiary/aromatic N) is 1. The normalized spacial score (nSPS) is 9.84. The summed E-state index contributed by atoms with van der Waals surface area (Å²) < 4.78 is 0. The van der Waals surface area contributed by atoms with Gasteiger partial charge in [0.05, 0.1) is 0 Å². The Bertz CT molecular complexity index is 238. The molecule has 0 rings (SSSR count). The van der Waals surface area contributed by atoms with Gasteiger partial charge >= 0.3 is 0 Å². The van der Waals surface area contributed by atoms with Gasteiger partial charge in [-0.15, -0.1) is 0 Å². The Hall–Kier alpha value is -1.05. The standard InChI is InChI=1S/C11H19NO.3C2H6/c1-6-9(2)7-8-10(3)11(13)12(4)5;3*1-2/h7-8H,6H2,1-5H3;3*1-2H3/b9-7+,10-8+;;;. The summed E-state index contributed by atoms with van der Waals surface area (Å²) >= 11 is 0. The Labute approximate surface area is 122 Å². The van der Waals surface area contributed by atoms with Crippen molar-refractivity contribution in [3.8, 4) is 0 Å². The lowest BCUT2D eigenvalue weighted by Crippen LogP contribution is -2.22. The summed E-state index contributed by atoms with van der Waals surface area (Å²) in [6.07, 6.45) is 4.90. The molecule has 0 atom stereocenters. The van der Waals surface area contributed by atoms with Crippen molar-refractivity contribution >= 4 is 5.91 Å². The van der Waals surface area contributed by atoms with Crippen molar-refractivity contribution in [3.63, 3.8) is 0 Å². The fourth-order valence-electron chi connectivity index (χ4n) is 0.809. The molecule has 1 amide bonds. The molecule has 0 saturated heterocycles. The van der Waals surface area contributed by atoms with Gasteiger partial charge in [0.1, 0.15) is 0 Å². The topological polar surface area (TPSA) is 20.3 Å². The van der Waals surface area contributed by atoms with Gasteiger partial charge in [-0.05, 0) is 20.3 Å². The van der Waals surface area contributed by atoms with E-state index in [1.54, 1.807) is 19.0 Å². The summed E-state index contributed by atoms with van der Waals surface area (Å²) in [7, 11) is 3.52. The molecule has 0 aliphatic rings. The minimum Gasteiger partial charge on any atom is -0.345 e. The van der Waals surface area contributed by atoms with Gasteiger partial charge in [0, 0.05) is 19.7 Å². The third-order valence-corrected chi connectivity index (χ3v) is 1.92. The van der Waals surface area contributed by atoms with Crippen molar-refractivity contribution in [1.82, 2.24) is 4.90 Å². The minimum absolute atomic E-state index is 0.0696. The van der Waals surface area contributed by atoms with Crippen LogP contribution in [0.2, 0.25) is 0 Å². The molecule has 2 nitrogen and oxygen atoms in total. The van der Waals surface area contributed by atoms with Crippen molar-refractivity contribution in [3.05, 3.63) is 23.3 Å². The molecule has 0 aliphatic carbocycles. The summed E-state index contributed by atoms with van der Waals surface area (Å²) in [6, 6.07) is 0. The number of likely N-dealkylation sites (N-methyl/N-ethyl adjacent to an activating group) is 1. The highest BCUT2D eigenvalue weighted by atomic mass is 16.2. The molecule has 0 radical (unpaired) electrons. The molecule has 0 bridgehead atoms. The smallest absolute Gasteiger partial charge is 0.248 e. The Morgan fingerprint density at radius 2 is 1.26 bits per heavy atom. The van der Waals surface area contributed by atoms with Crippen LogP contribution < -0.4 is 0 Å². The first-order chi connectivity index (χ1) is 8.99. The van der Waals surface area contributed by atoms with Crippen LogP contribution in [0.15, 0.2) is 23.3 Å². The Balaban J connectivity index is -0.000000163. The zero-order chi connectivity index (χ0) is 16.4. The quantitative estimate of drug-likeness (QED) is 0.493. The van der Waals surface area contributed by atoms with Gasteiger partial charge in [0.25, 0.3) is 0 Å². The molecular formula is C17H37NO. The molecule has 116 valence electrons. The maximum atomic E-state index is 11.4. The van der Waals surface area contributed by atoms with E-state index in [1.807, 2.05) is 60.6 Å². The van der Waals surface area contributed by atoms with Gasteiger partial charge in [0.15, 0.2) is 0 Å². The van der Waals surface area contributed by atoms with Gasteiger partial charge in [-0.1, -0.05) is 66.2 Å². The molecular weight excluding hydrogens is 234 g/mol. The Morgan fingerprint density at radius 3 is 1.53 bits per heavy atom. The lowest BCUT2D eigenvalue weighted by Gasteiger charge is -2.09. The fourth-order valence-corrected chi connectivity index (χ4v) is 0.809. The summed E-state index contributed by atoms with van der Waals surface area (Å²) in [5, 5.41) is 0. The van der Waals surface area contributed by atoms with Crippen LogP contribution in [0.5, 0.6) is 0 Å². The molecule has 0 aromatic heterocycles. The summed E-state index contributed by atoms with van der Waals surface area (Å²) in [4.78, 5) is 13.0. The van der Waals surface area contributed by atoms with Crippen molar-refractivity contribution in [2.75, 3.05) is 14.1 Å². The maximum Gasteiger partial charge on any atom is 0.248 e. The summed E-state index contributed by atoms with van der Waals surface area (Å²) in [5.41, 5.74) is 2.06. The van der Waals surface area contributed by atoms with E-state index in [-0.39, 0.29) is 5.91 Å². The van der Waals surface area contributed by atoms with Crippen LogP contribution >= 0.6 is 0 Å². The molecule has 0 spiro atoms. The van der Waals surface area contributed by atoms with Gasteiger partial charge < -0.3 is 4.90 Å². The first-order valence-corrected chi connectivity index (χ1v) is 7.54. The highest BCUT2D eigenvalue weighted by molar-refractivity contribution is 5.92. The van der Waals surface area contributed by atoms with E-state index in [1.165, 1.54) is 5.57 Å². The Kier molecular flexibility index (Phi) is 30.9. The molecule has 0 saturated carbocycles. The molecule has 19 heavy (non-hydrogen) atoms. The van der Waals surface area contributed by atoms with E-state index >= 15 is 0 Å². The van der Waals surface area contributed by atoms with Gasteiger partial charge in [-0.25, -0.2) is 0 Å². The van der Waals surface area contributed by atoms with Crippen LogP contribution in [-0.4, -0.2) is 24.9 Å². The highest BCUT2D eigenvalue weighted by Crippen LogP contribution is 2.02. The summed E-state index contributed by atoms with van der Waals surface area (Å²) in [5.74, 6) is 0.0696. The molecule has 0 N–H and O–H groups in total. The highest BCUT2D eigenvalue weighted by Gasteiger charge is 2.04. The van der Waals surface area contributed by atoms with E-state index in [0.29, 0.717) is 0 Å². The van der Waals surface area contributed by atoms with Crippen LogP contribution in [0.3, 0.4) is 0 Å². The predicted molar refractivity (Wildman–Crippen MR) is 90.5 cm³/mol. The average molecular weight is 271 g/mol. The molecule has 0 fully saturated rings. The van der Waals surface area contributed by atoms with Crippen molar-refractivity contribution in [2.45, 2.75) is 68.7 Å². The third-order valence-electron chi connectivity index (χ3n) is 1.92. The number of allylic oxidation sites excluding steroid dienone is 3. The van der Waals surface area contributed by atoms with E-state index in [9.17, 15) is 4.79 Å². The summed E-state index contributed by atoms with van der Waals surface area (Å²) in [6.45, 7) is 18.0. The van der Waals surface area contributed by atoms with E-state index in [4.69, 9.17) is 0 Å². The first kappa shape index (κ1) is 26.5. The second-order valence-corrected chi connectivity index (χ2v) is 3.42. The minimum atomic E-state index is 0.0696. The number of amides is 1.